The molecule has 1 aromatic heterocycles. The average molecular weight is 262 g/mol. The monoisotopic (exact) mass is 261 g/mol. The highest BCUT2D eigenvalue weighted by atomic mass is 79.9. The van der Waals surface area contributed by atoms with Crippen molar-refractivity contribution in [3.63, 3.8) is 0 Å². The Morgan fingerprint density at radius 1 is 1.62 bits per heavy atom. The lowest BCUT2D eigenvalue weighted by molar-refractivity contribution is 0.0991. The van der Waals surface area contributed by atoms with Gasteiger partial charge in [0, 0.05) is 20.8 Å². The van der Waals surface area contributed by atoms with Gasteiger partial charge >= 0.3 is 0 Å². The first-order valence-electron chi connectivity index (χ1n) is 4.21. The Kier molecular flexibility index (Phi) is 4.62. The molecule has 1 heterocycles. The zero-order chi connectivity index (χ0) is 9.68. The van der Waals surface area contributed by atoms with E-state index in [-0.39, 0.29) is 5.78 Å². The molecular weight excluding hydrogens is 250 g/mol. The summed E-state index contributed by atoms with van der Waals surface area (Å²) in [5.41, 5.74) is 0.786. The number of carbonyl (C=O) groups is 1. The molecule has 0 radical (unpaired) electrons. The number of hydrogen-bond acceptors (Lipinski definition) is 3. The van der Waals surface area contributed by atoms with Crippen LogP contribution in [0.5, 0.6) is 0 Å². The summed E-state index contributed by atoms with van der Waals surface area (Å²) >= 11 is 4.88. The molecule has 0 saturated heterocycles. The largest absolute Gasteiger partial charge is 0.310 e. The summed E-state index contributed by atoms with van der Waals surface area (Å²) in [5.74, 6) is 0.154. The van der Waals surface area contributed by atoms with Gasteiger partial charge in [-0.1, -0.05) is 6.92 Å². The van der Waals surface area contributed by atoms with Gasteiger partial charge in [0.05, 0.1) is 6.54 Å². The van der Waals surface area contributed by atoms with Crippen LogP contribution < -0.4 is 5.32 Å². The van der Waals surface area contributed by atoms with Gasteiger partial charge in [0.25, 0.3) is 0 Å². The molecule has 2 nitrogen and oxygen atoms in total. The second kappa shape index (κ2) is 5.52. The molecule has 0 aliphatic carbocycles. The summed E-state index contributed by atoms with van der Waals surface area (Å²) in [6.07, 6.45) is 1.05. The smallest absolute Gasteiger partial charge is 0.178 e. The Labute approximate surface area is 90.5 Å². The van der Waals surface area contributed by atoms with Crippen molar-refractivity contribution in [2.75, 3.05) is 13.1 Å². The summed E-state index contributed by atoms with van der Waals surface area (Å²) < 4.78 is 0.904. The van der Waals surface area contributed by atoms with Crippen LogP contribution in [0.1, 0.15) is 23.7 Å². The van der Waals surface area contributed by atoms with E-state index < -0.39 is 0 Å². The fourth-order valence-electron chi connectivity index (χ4n) is 0.954. The highest BCUT2D eigenvalue weighted by Gasteiger charge is 2.09. The fraction of sp³-hybridized carbons (Fsp3) is 0.444. The molecule has 1 aromatic rings. The van der Waals surface area contributed by atoms with Crippen LogP contribution in [0, 0.1) is 0 Å². The number of hydrogen-bond donors (Lipinski definition) is 1. The van der Waals surface area contributed by atoms with E-state index in [9.17, 15) is 4.79 Å². The quantitative estimate of drug-likeness (QED) is 0.653. The summed E-state index contributed by atoms with van der Waals surface area (Å²) in [7, 11) is 0. The first-order valence-corrected chi connectivity index (χ1v) is 5.95. The van der Waals surface area contributed by atoms with Gasteiger partial charge in [-0.2, -0.15) is 11.3 Å². The minimum Gasteiger partial charge on any atom is -0.310 e. The molecule has 13 heavy (non-hydrogen) atoms. The molecule has 0 unspecified atom stereocenters. The standard InChI is InChI=1S/C9H12BrNOS/c1-2-3-11-4-9(12)7-5-13-6-8(7)10/h5-6,11H,2-4H2,1H3. The van der Waals surface area contributed by atoms with E-state index in [1.165, 1.54) is 11.3 Å². The maximum absolute atomic E-state index is 11.5. The number of halogens is 1. The predicted octanol–water partition coefficient (Wildman–Crippen LogP) is 2.69. The Bertz CT molecular complexity index is 285. The Morgan fingerprint density at radius 3 is 2.92 bits per heavy atom. The molecule has 0 aromatic carbocycles. The Balaban J connectivity index is 2.45. The average Bonchev–Trinajstić information content (AvgIpc) is 2.52. The van der Waals surface area contributed by atoms with Crippen molar-refractivity contribution >= 4 is 33.0 Å². The molecule has 0 bridgehead atoms. The number of ketones is 1. The van der Waals surface area contributed by atoms with Crippen LogP contribution in [0.25, 0.3) is 0 Å². The molecule has 0 atom stereocenters. The lowest BCUT2D eigenvalue weighted by Gasteiger charge is -2.00. The predicted molar refractivity (Wildman–Crippen MR) is 59.5 cm³/mol. The lowest BCUT2D eigenvalue weighted by atomic mass is 10.2. The van der Waals surface area contributed by atoms with Crippen LogP contribution in [0.2, 0.25) is 0 Å². The van der Waals surface area contributed by atoms with Crippen LogP contribution in [-0.2, 0) is 0 Å². The van der Waals surface area contributed by atoms with Crippen LogP contribution in [-0.4, -0.2) is 18.9 Å². The summed E-state index contributed by atoms with van der Waals surface area (Å²) in [5, 5.41) is 6.88. The van der Waals surface area contributed by atoms with E-state index in [0.717, 1.165) is 23.0 Å². The van der Waals surface area contributed by atoms with Gasteiger partial charge < -0.3 is 5.32 Å². The van der Waals surface area contributed by atoms with Crippen molar-refractivity contribution in [2.45, 2.75) is 13.3 Å². The molecule has 0 aliphatic heterocycles. The minimum atomic E-state index is 0.154. The third-order valence-corrected chi connectivity index (χ3v) is 3.33. The topological polar surface area (TPSA) is 29.1 Å². The first-order chi connectivity index (χ1) is 6.25. The number of thiophene rings is 1. The van der Waals surface area contributed by atoms with Crippen molar-refractivity contribution in [3.8, 4) is 0 Å². The van der Waals surface area contributed by atoms with Gasteiger partial charge in [-0.3, -0.25) is 4.79 Å². The van der Waals surface area contributed by atoms with E-state index in [1.54, 1.807) is 0 Å². The van der Waals surface area contributed by atoms with Crippen LogP contribution in [0.4, 0.5) is 0 Å². The molecule has 0 fully saturated rings. The molecule has 1 rings (SSSR count). The highest BCUT2D eigenvalue weighted by Crippen LogP contribution is 2.21. The molecule has 4 heteroatoms. The summed E-state index contributed by atoms with van der Waals surface area (Å²) in [6.45, 7) is 3.41. The van der Waals surface area contributed by atoms with Crippen molar-refractivity contribution < 1.29 is 4.79 Å². The molecular formula is C9H12BrNOS. The highest BCUT2D eigenvalue weighted by molar-refractivity contribution is 9.10. The van der Waals surface area contributed by atoms with E-state index in [1.807, 2.05) is 10.8 Å². The molecule has 72 valence electrons. The van der Waals surface area contributed by atoms with Crippen molar-refractivity contribution in [1.82, 2.24) is 5.32 Å². The number of rotatable bonds is 5. The van der Waals surface area contributed by atoms with Crippen LogP contribution in [0.3, 0.4) is 0 Å². The molecule has 0 saturated carbocycles. The second-order valence-corrected chi connectivity index (χ2v) is 4.33. The van der Waals surface area contributed by atoms with E-state index in [2.05, 4.69) is 28.2 Å². The van der Waals surface area contributed by atoms with Crippen molar-refractivity contribution in [3.05, 3.63) is 20.8 Å². The lowest BCUT2D eigenvalue weighted by Crippen LogP contribution is -2.23. The Morgan fingerprint density at radius 2 is 2.38 bits per heavy atom. The Hall–Kier alpha value is -0.190. The van der Waals surface area contributed by atoms with E-state index >= 15 is 0 Å². The molecule has 0 aliphatic rings. The van der Waals surface area contributed by atoms with Gasteiger partial charge in [-0.25, -0.2) is 0 Å². The maximum atomic E-state index is 11.5. The van der Waals surface area contributed by atoms with Gasteiger partial charge in [-0.15, -0.1) is 0 Å². The SMILES string of the molecule is CCCNCC(=O)c1cscc1Br. The summed E-state index contributed by atoms with van der Waals surface area (Å²) in [6, 6.07) is 0. The minimum absolute atomic E-state index is 0.154. The second-order valence-electron chi connectivity index (χ2n) is 2.73. The zero-order valence-corrected chi connectivity index (χ0v) is 9.87. The first kappa shape index (κ1) is 10.9. The normalized spacial score (nSPS) is 10.3. The van der Waals surface area contributed by atoms with E-state index in [4.69, 9.17) is 0 Å². The molecule has 0 spiro atoms. The van der Waals surface area contributed by atoms with Crippen LogP contribution in [0.15, 0.2) is 15.2 Å². The van der Waals surface area contributed by atoms with Gasteiger partial charge in [-0.05, 0) is 28.9 Å². The molecule has 0 amide bonds. The van der Waals surface area contributed by atoms with Crippen molar-refractivity contribution in [1.29, 1.82) is 0 Å². The van der Waals surface area contributed by atoms with Crippen molar-refractivity contribution in [2.24, 2.45) is 0 Å². The molecule has 1 N–H and O–H groups in total. The maximum Gasteiger partial charge on any atom is 0.178 e. The van der Waals surface area contributed by atoms with Crippen LogP contribution >= 0.6 is 27.3 Å². The van der Waals surface area contributed by atoms with Gasteiger partial charge in [0.15, 0.2) is 5.78 Å². The number of Topliss-reactive ketones (excluding diaryl/α,β-unsaturated/α-hetero) is 1. The van der Waals surface area contributed by atoms with Gasteiger partial charge in [0.1, 0.15) is 0 Å². The van der Waals surface area contributed by atoms with E-state index in [0.29, 0.717) is 6.54 Å². The number of nitrogens with one attached hydrogen (secondary N) is 1. The third-order valence-electron chi connectivity index (χ3n) is 1.63. The van der Waals surface area contributed by atoms with Gasteiger partial charge in [0.2, 0.25) is 0 Å². The fourth-order valence-corrected chi connectivity index (χ4v) is 2.47. The third kappa shape index (κ3) is 3.21. The zero-order valence-electron chi connectivity index (χ0n) is 7.47. The summed E-state index contributed by atoms with van der Waals surface area (Å²) in [4.78, 5) is 11.5. The number of carbonyl (C=O) groups excluding carboxylic acids is 1.